The van der Waals surface area contributed by atoms with Crippen molar-refractivity contribution >= 4 is 17.5 Å². The molecule has 114 valence electrons. The Labute approximate surface area is 126 Å². The van der Waals surface area contributed by atoms with Crippen LogP contribution in [0.25, 0.3) is 0 Å². The van der Waals surface area contributed by atoms with E-state index in [4.69, 9.17) is 0 Å². The van der Waals surface area contributed by atoms with Gasteiger partial charge >= 0.3 is 0 Å². The van der Waals surface area contributed by atoms with Gasteiger partial charge in [0.05, 0.1) is 0 Å². The molecule has 1 aliphatic heterocycles. The number of hydrogen-bond acceptors (Lipinski definition) is 2. The molecule has 2 rings (SSSR count). The molecule has 0 spiro atoms. The lowest BCUT2D eigenvalue weighted by Gasteiger charge is -2.45. The highest BCUT2D eigenvalue weighted by atomic mass is 16.2. The number of benzene rings is 1. The first-order valence-electron chi connectivity index (χ1n) is 7.60. The number of nitrogens with one attached hydrogen (secondary N) is 1. The first-order chi connectivity index (χ1) is 9.88. The normalized spacial score (nSPS) is 21.4. The van der Waals surface area contributed by atoms with E-state index in [0.717, 1.165) is 16.8 Å². The van der Waals surface area contributed by atoms with Gasteiger partial charge in [-0.2, -0.15) is 0 Å². The lowest BCUT2D eigenvalue weighted by Crippen LogP contribution is -2.69. The molecule has 1 unspecified atom stereocenters. The first kappa shape index (κ1) is 15.5. The third-order valence-corrected chi connectivity index (χ3v) is 4.80. The van der Waals surface area contributed by atoms with Crippen molar-refractivity contribution in [3.63, 3.8) is 0 Å². The van der Waals surface area contributed by atoms with Crippen molar-refractivity contribution in [1.82, 2.24) is 5.32 Å². The van der Waals surface area contributed by atoms with E-state index in [9.17, 15) is 9.59 Å². The van der Waals surface area contributed by atoms with Crippen molar-refractivity contribution in [2.45, 2.75) is 59.0 Å². The summed E-state index contributed by atoms with van der Waals surface area (Å²) in [6.45, 7) is 9.68. The van der Waals surface area contributed by atoms with Gasteiger partial charge in [-0.25, -0.2) is 0 Å². The predicted octanol–water partition coefficient (Wildman–Crippen LogP) is 2.71. The highest BCUT2D eigenvalue weighted by Crippen LogP contribution is 2.32. The molecule has 4 heteroatoms. The summed E-state index contributed by atoms with van der Waals surface area (Å²) in [5.74, 6) is -0.0903. The lowest BCUT2D eigenvalue weighted by molar-refractivity contribution is -0.138. The number of anilines is 1. The molecule has 1 N–H and O–H groups in total. The molecule has 1 aromatic carbocycles. The van der Waals surface area contributed by atoms with Gasteiger partial charge < -0.3 is 5.32 Å². The summed E-state index contributed by atoms with van der Waals surface area (Å²) in [5.41, 5.74) is 2.24. The van der Waals surface area contributed by atoms with E-state index in [0.29, 0.717) is 12.8 Å². The van der Waals surface area contributed by atoms with Crippen LogP contribution in [0, 0.1) is 13.8 Å². The number of rotatable bonds is 3. The average molecular weight is 288 g/mol. The van der Waals surface area contributed by atoms with Crippen LogP contribution in [-0.4, -0.2) is 23.4 Å². The Morgan fingerprint density at radius 3 is 2.38 bits per heavy atom. The third-order valence-electron chi connectivity index (χ3n) is 4.80. The largest absolute Gasteiger partial charge is 0.340 e. The van der Waals surface area contributed by atoms with E-state index in [1.807, 2.05) is 45.9 Å². The Bertz CT molecular complexity index is 576. The molecule has 2 amide bonds. The van der Waals surface area contributed by atoms with Gasteiger partial charge in [0.25, 0.3) is 5.91 Å². The summed E-state index contributed by atoms with van der Waals surface area (Å²) in [6, 6.07) is 5.39. The van der Waals surface area contributed by atoms with Gasteiger partial charge in [0.15, 0.2) is 0 Å². The van der Waals surface area contributed by atoms with E-state index in [1.165, 1.54) is 0 Å². The van der Waals surface area contributed by atoms with E-state index in [2.05, 4.69) is 5.32 Å². The van der Waals surface area contributed by atoms with Crippen LogP contribution in [0.2, 0.25) is 0 Å². The van der Waals surface area contributed by atoms with E-state index in [1.54, 1.807) is 11.8 Å². The van der Waals surface area contributed by atoms with Crippen molar-refractivity contribution in [1.29, 1.82) is 0 Å². The second kappa shape index (κ2) is 5.51. The zero-order valence-electron chi connectivity index (χ0n) is 13.5. The Hall–Kier alpha value is -1.84. The molecule has 0 radical (unpaired) electrons. The molecule has 1 fully saturated rings. The summed E-state index contributed by atoms with van der Waals surface area (Å²) < 4.78 is 0. The Morgan fingerprint density at radius 2 is 1.81 bits per heavy atom. The second-order valence-electron chi connectivity index (χ2n) is 5.85. The number of aryl methyl sites for hydroxylation is 1. The number of carbonyl (C=O) groups excluding carboxylic acids is 2. The number of hydrogen-bond donors (Lipinski definition) is 1. The summed E-state index contributed by atoms with van der Waals surface area (Å²) in [5, 5.41) is 2.93. The average Bonchev–Trinajstić information content (AvgIpc) is 2.47. The Kier molecular flexibility index (Phi) is 4.08. The second-order valence-corrected chi connectivity index (χ2v) is 5.85. The first-order valence-corrected chi connectivity index (χ1v) is 7.60. The molecule has 0 saturated carbocycles. The zero-order chi connectivity index (χ0) is 15.8. The van der Waals surface area contributed by atoms with Crippen LogP contribution in [-0.2, 0) is 9.59 Å². The fourth-order valence-electron chi connectivity index (χ4n) is 2.96. The minimum absolute atomic E-state index is 0.00620. The van der Waals surface area contributed by atoms with Crippen LogP contribution < -0.4 is 10.2 Å². The van der Waals surface area contributed by atoms with Crippen LogP contribution >= 0.6 is 0 Å². The quantitative estimate of drug-likeness (QED) is 0.929. The SMILES string of the molecule is CCC1(CC)NC(=O)C(C)N(c2cccc(C)c2C)C1=O. The number of amides is 2. The standard InChI is InChI=1S/C17H24N2O2/c1-6-17(7-2)16(21)19(13(5)15(20)18-17)14-10-8-9-11(3)12(14)4/h8-10,13H,6-7H2,1-5H3,(H,18,20). The molecule has 0 aromatic heterocycles. The summed E-state index contributed by atoms with van der Waals surface area (Å²) in [7, 11) is 0. The van der Waals surface area contributed by atoms with Gasteiger partial charge in [0.2, 0.25) is 5.91 Å². The highest BCUT2D eigenvalue weighted by Gasteiger charge is 2.48. The minimum atomic E-state index is -0.778. The summed E-state index contributed by atoms with van der Waals surface area (Å²) >= 11 is 0. The zero-order valence-corrected chi connectivity index (χ0v) is 13.5. The van der Waals surface area contributed by atoms with Gasteiger partial charge in [0.1, 0.15) is 11.6 Å². The molecule has 1 aromatic rings. The molecular formula is C17H24N2O2. The fourth-order valence-corrected chi connectivity index (χ4v) is 2.96. The predicted molar refractivity (Wildman–Crippen MR) is 84.3 cm³/mol. The van der Waals surface area contributed by atoms with Crippen LogP contribution in [0.3, 0.4) is 0 Å². The molecule has 1 heterocycles. The Balaban J connectivity index is 2.56. The molecule has 1 aliphatic rings. The Morgan fingerprint density at radius 1 is 1.19 bits per heavy atom. The molecular weight excluding hydrogens is 264 g/mol. The smallest absolute Gasteiger partial charge is 0.253 e. The molecule has 0 aliphatic carbocycles. The van der Waals surface area contributed by atoms with Crippen LogP contribution in [0.4, 0.5) is 5.69 Å². The maximum Gasteiger partial charge on any atom is 0.253 e. The molecule has 4 nitrogen and oxygen atoms in total. The van der Waals surface area contributed by atoms with Gasteiger partial charge in [-0.3, -0.25) is 14.5 Å². The van der Waals surface area contributed by atoms with Gasteiger partial charge in [-0.1, -0.05) is 26.0 Å². The van der Waals surface area contributed by atoms with Crippen LogP contribution in [0.15, 0.2) is 18.2 Å². The van der Waals surface area contributed by atoms with Gasteiger partial charge in [-0.05, 0) is 50.8 Å². The van der Waals surface area contributed by atoms with Gasteiger partial charge in [-0.15, -0.1) is 0 Å². The van der Waals surface area contributed by atoms with Crippen LogP contribution in [0.1, 0.15) is 44.7 Å². The summed E-state index contributed by atoms with van der Waals surface area (Å²) in [4.78, 5) is 27.1. The lowest BCUT2D eigenvalue weighted by atomic mass is 9.86. The molecule has 1 saturated heterocycles. The maximum absolute atomic E-state index is 13.0. The van der Waals surface area contributed by atoms with Crippen molar-refractivity contribution in [2.24, 2.45) is 0 Å². The highest BCUT2D eigenvalue weighted by molar-refractivity contribution is 6.11. The van der Waals surface area contributed by atoms with E-state index < -0.39 is 11.6 Å². The maximum atomic E-state index is 13.0. The minimum Gasteiger partial charge on any atom is -0.340 e. The van der Waals surface area contributed by atoms with E-state index in [-0.39, 0.29) is 11.8 Å². The van der Waals surface area contributed by atoms with Crippen molar-refractivity contribution in [2.75, 3.05) is 4.90 Å². The topological polar surface area (TPSA) is 49.4 Å². The monoisotopic (exact) mass is 288 g/mol. The fraction of sp³-hybridized carbons (Fsp3) is 0.529. The van der Waals surface area contributed by atoms with Gasteiger partial charge in [0, 0.05) is 5.69 Å². The molecule has 0 bridgehead atoms. The van der Waals surface area contributed by atoms with Crippen molar-refractivity contribution in [3.05, 3.63) is 29.3 Å². The van der Waals surface area contributed by atoms with E-state index >= 15 is 0 Å². The number of nitrogens with zero attached hydrogens (tertiary/aromatic N) is 1. The third kappa shape index (κ3) is 2.33. The number of piperazine rings is 1. The molecule has 21 heavy (non-hydrogen) atoms. The van der Waals surface area contributed by atoms with Crippen molar-refractivity contribution < 1.29 is 9.59 Å². The van der Waals surface area contributed by atoms with Crippen LogP contribution in [0.5, 0.6) is 0 Å². The summed E-state index contributed by atoms with van der Waals surface area (Å²) in [6.07, 6.45) is 1.20. The number of carbonyl (C=O) groups is 2. The molecule has 1 atom stereocenters. The van der Waals surface area contributed by atoms with Crippen molar-refractivity contribution in [3.8, 4) is 0 Å².